The lowest BCUT2D eigenvalue weighted by Gasteiger charge is -2.15. The SMILES string of the molecule is COc1ccc(C(=O)NCc2ccc3c(c2)OCO3)c(OC)c1OC. The number of carbonyl (C=O) groups excluding carboxylic acids is 1. The molecule has 0 bridgehead atoms. The van der Waals surface area contributed by atoms with Gasteiger partial charge in [-0.05, 0) is 29.8 Å². The molecule has 0 aliphatic carbocycles. The highest BCUT2D eigenvalue weighted by Gasteiger charge is 2.21. The van der Waals surface area contributed by atoms with Crippen LogP contribution in [0.5, 0.6) is 28.7 Å². The fourth-order valence-electron chi connectivity index (χ4n) is 2.61. The third-order valence-electron chi connectivity index (χ3n) is 3.84. The van der Waals surface area contributed by atoms with Crippen molar-refractivity contribution in [1.29, 1.82) is 0 Å². The largest absolute Gasteiger partial charge is 0.493 e. The van der Waals surface area contributed by atoms with Crippen molar-refractivity contribution in [3.8, 4) is 28.7 Å². The zero-order chi connectivity index (χ0) is 17.8. The molecule has 0 atom stereocenters. The summed E-state index contributed by atoms with van der Waals surface area (Å²) >= 11 is 0. The van der Waals surface area contributed by atoms with Gasteiger partial charge < -0.3 is 29.0 Å². The molecule has 2 aromatic rings. The van der Waals surface area contributed by atoms with E-state index >= 15 is 0 Å². The Morgan fingerprint density at radius 2 is 1.76 bits per heavy atom. The van der Waals surface area contributed by atoms with E-state index in [2.05, 4.69) is 5.32 Å². The number of methoxy groups -OCH3 is 3. The standard InChI is InChI=1S/C18H19NO6/c1-21-14-7-5-12(16(22-2)17(14)23-3)18(20)19-9-11-4-6-13-15(8-11)25-10-24-13/h4-8H,9-10H2,1-3H3,(H,19,20). The summed E-state index contributed by atoms with van der Waals surface area (Å²) in [6.45, 7) is 0.557. The Kier molecular flexibility index (Phi) is 4.83. The molecule has 0 saturated carbocycles. The number of nitrogens with one attached hydrogen (secondary N) is 1. The molecule has 1 heterocycles. The molecule has 7 nitrogen and oxygen atoms in total. The van der Waals surface area contributed by atoms with Gasteiger partial charge in [-0.3, -0.25) is 4.79 Å². The van der Waals surface area contributed by atoms with Gasteiger partial charge in [-0.1, -0.05) is 6.07 Å². The first-order valence-corrected chi connectivity index (χ1v) is 7.63. The second kappa shape index (κ2) is 7.21. The molecule has 1 aliphatic rings. The molecular weight excluding hydrogens is 326 g/mol. The molecule has 0 saturated heterocycles. The maximum absolute atomic E-state index is 12.6. The lowest BCUT2D eigenvalue weighted by molar-refractivity contribution is 0.0947. The van der Waals surface area contributed by atoms with Gasteiger partial charge >= 0.3 is 0 Å². The van der Waals surface area contributed by atoms with Gasteiger partial charge in [-0.25, -0.2) is 0 Å². The van der Waals surface area contributed by atoms with Gasteiger partial charge in [-0.15, -0.1) is 0 Å². The van der Waals surface area contributed by atoms with Crippen LogP contribution < -0.4 is 29.0 Å². The van der Waals surface area contributed by atoms with E-state index in [4.69, 9.17) is 23.7 Å². The Morgan fingerprint density at radius 3 is 2.48 bits per heavy atom. The Morgan fingerprint density at radius 1 is 1.00 bits per heavy atom. The minimum atomic E-state index is -0.282. The van der Waals surface area contributed by atoms with Crippen LogP contribution in [0.1, 0.15) is 15.9 Å². The quantitative estimate of drug-likeness (QED) is 0.866. The van der Waals surface area contributed by atoms with Crippen molar-refractivity contribution < 1.29 is 28.5 Å². The van der Waals surface area contributed by atoms with Crippen LogP contribution in [-0.4, -0.2) is 34.0 Å². The summed E-state index contributed by atoms with van der Waals surface area (Å²) in [6.07, 6.45) is 0. The van der Waals surface area contributed by atoms with Crippen molar-refractivity contribution >= 4 is 5.91 Å². The molecular formula is C18H19NO6. The van der Waals surface area contributed by atoms with Crippen LogP contribution in [0.2, 0.25) is 0 Å². The van der Waals surface area contributed by atoms with Crippen LogP contribution in [0.3, 0.4) is 0 Å². The number of ether oxygens (including phenoxy) is 5. The number of rotatable bonds is 6. The van der Waals surface area contributed by atoms with Crippen LogP contribution in [0.15, 0.2) is 30.3 Å². The van der Waals surface area contributed by atoms with Crippen molar-refractivity contribution in [2.75, 3.05) is 28.1 Å². The number of benzene rings is 2. The highest BCUT2D eigenvalue weighted by molar-refractivity contribution is 5.98. The van der Waals surface area contributed by atoms with Crippen molar-refractivity contribution in [2.45, 2.75) is 6.54 Å². The highest BCUT2D eigenvalue weighted by Crippen LogP contribution is 2.39. The lowest BCUT2D eigenvalue weighted by atomic mass is 10.1. The van der Waals surface area contributed by atoms with Gasteiger partial charge in [0, 0.05) is 6.54 Å². The predicted molar refractivity (Wildman–Crippen MR) is 89.8 cm³/mol. The summed E-state index contributed by atoms with van der Waals surface area (Å²) in [5.74, 6) is 2.29. The van der Waals surface area contributed by atoms with Crippen molar-refractivity contribution in [2.24, 2.45) is 0 Å². The van der Waals surface area contributed by atoms with Crippen LogP contribution >= 0.6 is 0 Å². The Bertz CT molecular complexity index is 789. The van der Waals surface area contributed by atoms with Gasteiger partial charge in [-0.2, -0.15) is 0 Å². The zero-order valence-corrected chi connectivity index (χ0v) is 14.3. The Labute approximate surface area is 145 Å². The highest BCUT2D eigenvalue weighted by atomic mass is 16.7. The van der Waals surface area contributed by atoms with E-state index in [-0.39, 0.29) is 12.7 Å². The number of fused-ring (bicyclic) bond motifs is 1. The monoisotopic (exact) mass is 345 g/mol. The molecule has 0 unspecified atom stereocenters. The van der Waals surface area contributed by atoms with Crippen molar-refractivity contribution in [3.63, 3.8) is 0 Å². The molecule has 0 aromatic heterocycles. The average Bonchev–Trinajstić information content (AvgIpc) is 3.12. The first-order valence-electron chi connectivity index (χ1n) is 7.63. The molecule has 7 heteroatoms. The van der Waals surface area contributed by atoms with E-state index in [1.54, 1.807) is 12.1 Å². The van der Waals surface area contributed by atoms with Crippen molar-refractivity contribution in [3.05, 3.63) is 41.5 Å². The maximum Gasteiger partial charge on any atom is 0.255 e. The molecule has 3 rings (SSSR count). The van der Waals surface area contributed by atoms with E-state index in [0.717, 1.165) is 5.56 Å². The predicted octanol–water partition coefficient (Wildman–Crippen LogP) is 2.37. The third-order valence-corrected chi connectivity index (χ3v) is 3.84. The third kappa shape index (κ3) is 3.26. The van der Waals surface area contributed by atoms with Gasteiger partial charge in [0.15, 0.2) is 23.0 Å². The van der Waals surface area contributed by atoms with E-state index in [9.17, 15) is 4.79 Å². The molecule has 0 spiro atoms. The fraction of sp³-hybridized carbons (Fsp3) is 0.278. The average molecular weight is 345 g/mol. The van der Waals surface area contributed by atoms with E-state index in [1.165, 1.54) is 21.3 Å². The Hall–Kier alpha value is -3.09. The normalized spacial score (nSPS) is 11.8. The molecule has 132 valence electrons. The molecule has 2 aromatic carbocycles. The number of hydrogen-bond donors (Lipinski definition) is 1. The molecule has 1 N–H and O–H groups in total. The second-order valence-electron chi connectivity index (χ2n) is 5.25. The first kappa shape index (κ1) is 16.8. The summed E-state index contributed by atoms with van der Waals surface area (Å²) in [7, 11) is 4.50. The summed E-state index contributed by atoms with van der Waals surface area (Å²) < 4.78 is 26.5. The molecule has 25 heavy (non-hydrogen) atoms. The molecule has 0 fully saturated rings. The summed E-state index contributed by atoms with van der Waals surface area (Å²) in [6, 6.07) is 8.83. The summed E-state index contributed by atoms with van der Waals surface area (Å²) in [4.78, 5) is 12.6. The minimum absolute atomic E-state index is 0.216. The van der Waals surface area contributed by atoms with Gasteiger partial charge in [0.25, 0.3) is 5.91 Å². The molecule has 0 radical (unpaired) electrons. The zero-order valence-electron chi connectivity index (χ0n) is 14.3. The topological polar surface area (TPSA) is 75.3 Å². The van der Waals surface area contributed by atoms with Gasteiger partial charge in [0.1, 0.15) is 0 Å². The van der Waals surface area contributed by atoms with E-state index in [0.29, 0.717) is 40.9 Å². The first-order chi connectivity index (χ1) is 12.2. The fourth-order valence-corrected chi connectivity index (χ4v) is 2.61. The molecule has 1 aliphatic heterocycles. The lowest BCUT2D eigenvalue weighted by Crippen LogP contribution is -2.23. The van der Waals surface area contributed by atoms with Crippen LogP contribution in [0.4, 0.5) is 0 Å². The van der Waals surface area contributed by atoms with Gasteiger partial charge in [0.05, 0.1) is 26.9 Å². The van der Waals surface area contributed by atoms with E-state index in [1.807, 2.05) is 18.2 Å². The number of carbonyl (C=O) groups is 1. The van der Waals surface area contributed by atoms with Crippen LogP contribution in [-0.2, 0) is 6.54 Å². The maximum atomic E-state index is 12.6. The summed E-state index contributed by atoms with van der Waals surface area (Å²) in [5.41, 5.74) is 1.26. The minimum Gasteiger partial charge on any atom is -0.493 e. The summed E-state index contributed by atoms with van der Waals surface area (Å²) in [5, 5.41) is 2.86. The smallest absolute Gasteiger partial charge is 0.255 e. The van der Waals surface area contributed by atoms with Crippen molar-refractivity contribution in [1.82, 2.24) is 5.32 Å². The second-order valence-corrected chi connectivity index (χ2v) is 5.25. The Balaban J connectivity index is 1.77. The number of amides is 1. The van der Waals surface area contributed by atoms with Crippen LogP contribution in [0.25, 0.3) is 0 Å². The van der Waals surface area contributed by atoms with Gasteiger partial charge in [0.2, 0.25) is 12.5 Å². The molecule has 1 amide bonds. The van der Waals surface area contributed by atoms with E-state index < -0.39 is 0 Å². The number of hydrogen-bond acceptors (Lipinski definition) is 6. The van der Waals surface area contributed by atoms with Crippen LogP contribution in [0, 0.1) is 0 Å².